The van der Waals surface area contributed by atoms with Crippen LogP contribution < -0.4 is 5.32 Å². The van der Waals surface area contributed by atoms with Crippen molar-refractivity contribution in [2.24, 2.45) is 7.05 Å². The molecule has 1 unspecified atom stereocenters. The molecule has 2 aliphatic rings. The normalized spacial score (nSPS) is 22.4. The van der Waals surface area contributed by atoms with Crippen molar-refractivity contribution in [1.29, 1.82) is 0 Å². The van der Waals surface area contributed by atoms with Gasteiger partial charge in [0.1, 0.15) is 11.6 Å². The van der Waals surface area contributed by atoms with Gasteiger partial charge in [-0.1, -0.05) is 29.8 Å². The molecule has 1 aromatic carbocycles. The zero-order chi connectivity index (χ0) is 15.8. The van der Waals surface area contributed by atoms with Crippen LogP contribution in [-0.2, 0) is 13.6 Å². The Kier molecular flexibility index (Phi) is 4.09. The molecular formula is C17H22ClN5. The van der Waals surface area contributed by atoms with E-state index in [9.17, 15) is 0 Å². The molecule has 6 heteroatoms. The molecule has 23 heavy (non-hydrogen) atoms. The molecule has 1 aromatic heterocycles. The molecule has 2 fully saturated rings. The van der Waals surface area contributed by atoms with Crippen molar-refractivity contribution >= 4 is 11.6 Å². The SMILES string of the molecule is Cn1c(CN2CCNCC2c2ccccc2Cl)nnc1C1CC1. The summed E-state index contributed by atoms with van der Waals surface area (Å²) in [6.45, 7) is 3.71. The Morgan fingerprint density at radius 1 is 1.26 bits per heavy atom. The minimum Gasteiger partial charge on any atom is -0.317 e. The van der Waals surface area contributed by atoms with Gasteiger partial charge in [-0.3, -0.25) is 4.90 Å². The Balaban J connectivity index is 1.57. The molecule has 0 radical (unpaired) electrons. The molecule has 5 nitrogen and oxygen atoms in total. The van der Waals surface area contributed by atoms with E-state index in [4.69, 9.17) is 11.6 Å². The summed E-state index contributed by atoms with van der Waals surface area (Å²) >= 11 is 6.42. The van der Waals surface area contributed by atoms with Crippen LogP contribution in [0.15, 0.2) is 24.3 Å². The summed E-state index contributed by atoms with van der Waals surface area (Å²) < 4.78 is 2.18. The number of benzene rings is 1. The minimum atomic E-state index is 0.276. The molecule has 1 N–H and O–H groups in total. The molecular weight excluding hydrogens is 310 g/mol. The van der Waals surface area contributed by atoms with E-state index >= 15 is 0 Å². The number of hydrogen-bond donors (Lipinski definition) is 1. The lowest BCUT2D eigenvalue weighted by atomic mass is 10.0. The average molecular weight is 332 g/mol. The summed E-state index contributed by atoms with van der Waals surface area (Å²) in [5.41, 5.74) is 1.19. The number of aromatic nitrogens is 3. The second kappa shape index (κ2) is 6.23. The predicted molar refractivity (Wildman–Crippen MR) is 90.5 cm³/mol. The Morgan fingerprint density at radius 3 is 2.87 bits per heavy atom. The zero-order valence-corrected chi connectivity index (χ0v) is 14.1. The molecule has 2 heterocycles. The second-order valence-corrected chi connectivity index (χ2v) is 6.93. The van der Waals surface area contributed by atoms with Crippen molar-refractivity contribution in [3.05, 3.63) is 46.5 Å². The summed E-state index contributed by atoms with van der Waals surface area (Å²) in [5, 5.41) is 13.2. The minimum absolute atomic E-state index is 0.276. The highest BCUT2D eigenvalue weighted by Gasteiger charge is 2.31. The summed E-state index contributed by atoms with van der Waals surface area (Å²) in [7, 11) is 2.09. The number of piperazine rings is 1. The number of nitrogens with one attached hydrogen (secondary N) is 1. The first-order chi connectivity index (χ1) is 11.2. The van der Waals surface area contributed by atoms with Crippen molar-refractivity contribution in [2.75, 3.05) is 19.6 Å². The van der Waals surface area contributed by atoms with E-state index in [1.54, 1.807) is 0 Å². The van der Waals surface area contributed by atoms with Gasteiger partial charge in [0.05, 0.1) is 6.54 Å². The summed E-state index contributed by atoms with van der Waals surface area (Å²) in [4.78, 5) is 2.46. The zero-order valence-electron chi connectivity index (χ0n) is 13.4. The first-order valence-corrected chi connectivity index (χ1v) is 8.69. The maximum absolute atomic E-state index is 6.42. The lowest BCUT2D eigenvalue weighted by Crippen LogP contribution is -2.45. The molecule has 1 saturated heterocycles. The van der Waals surface area contributed by atoms with Crippen LogP contribution in [0.1, 0.15) is 42.0 Å². The third kappa shape index (κ3) is 3.01. The fourth-order valence-electron chi connectivity index (χ4n) is 3.38. The number of halogens is 1. The summed E-state index contributed by atoms with van der Waals surface area (Å²) in [6.07, 6.45) is 2.50. The van der Waals surface area contributed by atoms with Crippen LogP contribution in [0.3, 0.4) is 0 Å². The standard InChI is InChI=1S/C17H22ClN5/c1-22-16(20-21-17(22)12-6-7-12)11-23-9-8-19-10-15(23)13-4-2-3-5-14(13)18/h2-5,12,15,19H,6-11H2,1H3. The van der Waals surface area contributed by atoms with Crippen LogP contribution in [0.25, 0.3) is 0 Å². The second-order valence-electron chi connectivity index (χ2n) is 6.52. The van der Waals surface area contributed by atoms with Gasteiger partial charge in [-0.2, -0.15) is 0 Å². The van der Waals surface area contributed by atoms with Crippen molar-refractivity contribution < 1.29 is 0 Å². The number of rotatable bonds is 4. The highest BCUT2D eigenvalue weighted by molar-refractivity contribution is 6.31. The molecule has 1 aliphatic carbocycles. The van der Waals surface area contributed by atoms with E-state index in [0.717, 1.165) is 42.9 Å². The molecule has 1 aliphatic heterocycles. The first-order valence-electron chi connectivity index (χ1n) is 8.31. The molecule has 0 bridgehead atoms. The fourth-order valence-corrected chi connectivity index (χ4v) is 3.64. The average Bonchev–Trinajstić information content (AvgIpc) is 3.34. The van der Waals surface area contributed by atoms with E-state index in [2.05, 4.69) is 44.2 Å². The molecule has 1 atom stereocenters. The van der Waals surface area contributed by atoms with Crippen LogP contribution >= 0.6 is 11.6 Å². The Morgan fingerprint density at radius 2 is 2.09 bits per heavy atom. The molecule has 2 aromatic rings. The molecule has 122 valence electrons. The lowest BCUT2D eigenvalue weighted by Gasteiger charge is -2.36. The molecule has 4 rings (SSSR count). The first kappa shape index (κ1) is 15.1. The maximum atomic E-state index is 6.42. The van der Waals surface area contributed by atoms with Gasteiger partial charge < -0.3 is 9.88 Å². The molecule has 0 amide bonds. The van der Waals surface area contributed by atoms with E-state index < -0.39 is 0 Å². The number of hydrogen-bond acceptors (Lipinski definition) is 4. The van der Waals surface area contributed by atoms with Gasteiger partial charge in [0.15, 0.2) is 0 Å². The van der Waals surface area contributed by atoms with E-state index in [1.165, 1.54) is 18.4 Å². The van der Waals surface area contributed by atoms with Gasteiger partial charge in [-0.15, -0.1) is 10.2 Å². The quantitative estimate of drug-likeness (QED) is 0.935. The Bertz CT molecular complexity index is 694. The summed E-state index contributed by atoms with van der Waals surface area (Å²) in [6, 6.07) is 8.41. The topological polar surface area (TPSA) is 46.0 Å². The van der Waals surface area contributed by atoms with Gasteiger partial charge in [0.2, 0.25) is 0 Å². The third-order valence-electron chi connectivity index (χ3n) is 4.90. The van der Waals surface area contributed by atoms with E-state index in [-0.39, 0.29) is 6.04 Å². The van der Waals surface area contributed by atoms with Gasteiger partial charge in [-0.05, 0) is 24.5 Å². The largest absolute Gasteiger partial charge is 0.317 e. The molecule has 1 saturated carbocycles. The maximum Gasteiger partial charge on any atom is 0.146 e. The van der Waals surface area contributed by atoms with Gasteiger partial charge >= 0.3 is 0 Å². The van der Waals surface area contributed by atoms with E-state index in [0.29, 0.717) is 5.92 Å². The van der Waals surface area contributed by atoms with Crippen LogP contribution in [-0.4, -0.2) is 39.3 Å². The van der Waals surface area contributed by atoms with E-state index in [1.807, 2.05) is 12.1 Å². The van der Waals surface area contributed by atoms with Crippen molar-refractivity contribution in [3.8, 4) is 0 Å². The Hall–Kier alpha value is -1.43. The highest BCUT2D eigenvalue weighted by atomic mass is 35.5. The third-order valence-corrected chi connectivity index (χ3v) is 5.25. The fraction of sp³-hybridized carbons (Fsp3) is 0.529. The van der Waals surface area contributed by atoms with Crippen molar-refractivity contribution in [1.82, 2.24) is 25.0 Å². The van der Waals surface area contributed by atoms with Crippen molar-refractivity contribution in [2.45, 2.75) is 31.3 Å². The smallest absolute Gasteiger partial charge is 0.146 e. The van der Waals surface area contributed by atoms with Crippen LogP contribution in [0, 0.1) is 0 Å². The van der Waals surface area contributed by atoms with Crippen LogP contribution in [0.5, 0.6) is 0 Å². The van der Waals surface area contributed by atoms with Gasteiger partial charge in [0.25, 0.3) is 0 Å². The molecule has 0 spiro atoms. The van der Waals surface area contributed by atoms with Crippen LogP contribution in [0.2, 0.25) is 5.02 Å². The summed E-state index contributed by atoms with van der Waals surface area (Å²) in [5.74, 6) is 2.82. The van der Waals surface area contributed by atoms with Crippen molar-refractivity contribution in [3.63, 3.8) is 0 Å². The highest BCUT2D eigenvalue weighted by Crippen LogP contribution is 2.39. The monoisotopic (exact) mass is 331 g/mol. The number of nitrogens with zero attached hydrogens (tertiary/aromatic N) is 4. The lowest BCUT2D eigenvalue weighted by molar-refractivity contribution is 0.148. The van der Waals surface area contributed by atoms with Gasteiger partial charge in [-0.25, -0.2) is 0 Å². The van der Waals surface area contributed by atoms with Crippen LogP contribution in [0.4, 0.5) is 0 Å². The Labute approximate surface area is 141 Å². The predicted octanol–water partition coefficient (Wildman–Crippen LogP) is 2.49. The van der Waals surface area contributed by atoms with Gasteiger partial charge in [0, 0.05) is 43.7 Å².